The topological polar surface area (TPSA) is 365 Å². The van der Waals surface area contributed by atoms with E-state index in [4.69, 9.17) is 94.2 Å². The maximum Gasteiger partial charge on any atom is 0.368 e. The molecule has 5 atom stereocenters. The molecule has 10 N–H and O–H groups in total. The molecule has 0 aromatic heterocycles. The number of carboxylic acid groups (broad SMARTS) is 4. The molecule has 0 aromatic carbocycles. The Morgan fingerprint density at radius 3 is 1.03 bits per heavy atom. The average Bonchev–Trinajstić information content (AvgIpc) is 2.87. The normalized spacial score (nSPS) is 19.7. The number of ether oxygens (including phenoxy) is 1. The Morgan fingerprint density at radius 2 is 0.868 bits per heavy atom. The van der Waals surface area contributed by atoms with Crippen molar-refractivity contribution in [1.82, 2.24) is 0 Å². The zero-order chi connectivity index (χ0) is 31.9. The average molecular weight is 570 g/mol. The standard InChI is InChI=1S/C6H12O6.4C2H2O3.C2H6O.C2H4O.2H2/c7-1-2-3(8)4(9)5(10)6(11)12-2;4*3-1-2(4)5;2*1-2-3;;/h2-11H,1H2;4*1H,(H,4,5);3H,2H2,1H3;2H,1H3;2*1H. The van der Waals surface area contributed by atoms with Gasteiger partial charge in [0.25, 0.3) is 0 Å². The number of carbonyl (C=O) groups excluding carboxylic acids is 5. The summed E-state index contributed by atoms with van der Waals surface area (Å²) in [5, 5.41) is 81.6. The van der Waals surface area contributed by atoms with Gasteiger partial charge < -0.3 is 60.6 Å². The molecule has 0 saturated carbocycles. The van der Waals surface area contributed by atoms with E-state index in [0.29, 0.717) is 0 Å². The van der Waals surface area contributed by atoms with Crippen LogP contribution in [0.25, 0.3) is 0 Å². The van der Waals surface area contributed by atoms with E-state index >= 15 is 0 Å². The van der Waals surface area contributed by atoms with Gasteiger partial charge in [-0.1, -0.05) is 0 Å². The molecule has 20 heteroatoms. The molecule has 0 radical (unpaired) electrons. The molecular formula is C18H34O20. The van der Waals surface area contributed by atoms with Gasteiger partial charge in [-0.25, -0.2) is 19.2 Å². The van der Waals surface area contributed by atoms with Crippen molar-refractivity contribution in [2.24, 2.45) is 0 Å². The van der Waals surface area contributed by atoms with Crippen LogP contribution in [0.1, 0.15) is 16.7 Å². The number of carboxylic acids is 4. The summed E-state index contributed by atoms with van der Waals surface area (Å²) in [7, 11) is 0. The first kappa shape index (κ1) is 47.2. The van der Waals surface area contributed by atoms with Crippen LogP contribution in [0.4, 0.5) is 0 Å². The lowest BCUT2D eigenvalue weighted by molar-refractivity contribution is -0.286. The van der Waals surface area contributed by atoms with Crippen LogP contribution in [0.15, 0.2) is 0 Å². The molecule has 1 saturated heterocycles. The van der Waals surface area contributed by atoms with Crippen molar-refractivity contribution in [2.75, 3.05) is 13.2 Å². The minimum Gasteiger partial charge on any atom is -0.476 e. The van der Waals surface area contributed by atoms with Crippen molar-refractivity contribution in [3.8, 4) is 0 Å². The van der Waals surface area contributed by atoms with E-state index < -0.39 is 61.2 Å². The predicted octanol–water partition coefficient (Wildman–Crippen LogP) is -5.45. The monoisotopic (exact) mass is 570 g/mol. The van der Waals surface area contributed by atoms with E-state index in [0.717, 1.165) is 6.29 Å². The van der Waals surface area contributed by atoms with Gasteiger partial charge in [-0.15, -0.1) is 0 Å². The van der Waals surface area contributed by atoms with Crippen molar-refractivity contribution in [3.05, 3.63) is 0 Å². The lowest BCUT2D eigenvalue weighted by Gasteiger charge is -2.37. The highest BCUT2D eigenvalue weighted by Crippen LogP contribution is 2.18. The van der Waals surface area contributed by atoms with Crippen LogP contribution in [0.5, 0.6) is 0 Å². The highest BCUT2D eigenvalue weighted by molar-refractivity contribution is 6.19. The van der Waals surface area contributed by atoms with Gasteiger partial charge >= 0.3 is 23.9 Å². The van der Waals surface area contributed by atoms with Crippen LogP contribution >= 0.6 is 0 Å². The molecule has 1 heterocycles. The Bertz CT molecular complexity index is 612. The molecule has 38 heavy (non-hydrogen) atoms. The van der Waals surface area contributed by atoms with Crippen LogP contribution in [0.3, 0.4) is 0 Å². The van der Waals surface area contributed by atoms with E-state index in [9.17, 15) is 0 Å². The maximum absolute atomic E-state index is 9.12. The number of aliphatic hydroxyl groups excluding tert-OH is 6. The van der Waals surface area contributed by atoms with E-state index in [1.165, 1.54) is 6.92 Å². The maximum atomic E-state index is 9.12. The quantitative estimate of drug-likeness (QED) is 0.109. The van der Waals surface area contributed by atoms with Gasteiger partial charge in [-0.05, 0) is 13.8 Å². The highest BCUT2D eigenvalue weighted by atomic mass is 16.6. The second-order valence-electron chi connectivity index (χ2n) is 5.10. The fourth-order valence-corrected chi connectivity index (χ4v) is 1.08. The molecule has 0 spiro atoms. The molecule has 0 amide bonds. The smallest absolute Gasteiger partial charge is 0.368 e. The fraction of sp³-hybridized carbons (Fsp3) is 0.500. The van der Waals surface area contributed by atoms with Gasteiger partial charge in [-0.3, -0.25) is 19.2 Å². The molecule has 0 aliphatic carbocycles. The van der Waals surface area contributed by atoms with Crippen LogP contribution in [0.2, 0.25) is 0 Å². The second kappa shape index (κ2) is 35.1. The largest absolute Gasteiger partial charge is 0.476 e. The lowest BCUT2D eigenvalue weighted by atomic mass is 10.00. The molecule has 0 bridgehead atoms. The van der Waals surface area contributed by atoms with Crippen LogP contribution < -0.4 is 0 Å². The molecule has 226 valence electrons. The third-order valence-corrected chi connectivity index (χ3v) is 2.27. The SMILES string of the molecule is CC=O.CCO.O=CC(=O)O.O=CC(=O)O.O=CC(=O)O.O=CC(=O)O.OCC1OC(O)C(O)C(O)C1O.[HH].[HH]. The summed E-state index contributed by atoms with van der Waals surface area (Å²) in [6.07, 6.45) is -6.96. The summed E-state index contributed by atoms with van der Waals surface area (Å²) in [6.45, 7) is 2.85. The van der Waals surface area contributed by atoms with E-state index in [-0.39, 0.29) is 34.6 Å². The number of aldehydes is 5. The summed E-state index contributed by atoms with van der Waals surface area (Å²) in [5.41, 5.74) is 0. The predicted molar refractivity (Wildman–Crippen MR) is 120 cm³/mol. The third kappa shape index (κ3) is 45.4. The minimum atomic E-state index is -1.57. The van der Waals surface area contributed by atoms with Crippen molar-refractivity contribution in [1.29, 1.82) is 0 Å². The summed E-state index contributed by atoms with van der Waals surface area (Å²) in [5.74, 6) is -5.70. The molecule has 1 aliphatic heterocycles. The number of hydrogen-bond acceptors (Lipinski definition) is 16. The number of hydrogen-bond donors (Lipinski definition) is 10. The molecular weight excluding hydrogens is 536 g/mol. The second-order valence-corrected chi connectivity index (χ2v) is 5.10. The number of rotatable bonds is 5. The fourth-order valence-electron chi connectivity index (χ4n) is 1.08. The van der Waals surface area contributed by atoms with Crippen molar-refractivity contribution in [3.63, 3.8) is 0 Å². The van der Waals surface area contributed by atoms with E-state index in [1.807, 2.05) is 0 Å². The first-order chi connectivity index (χ1) is 17.5. The lowest BCUT2D eigenvalue weighted by Crippen LogP contribution is -2.58. The Kier molecular flexibility index (Phi) is 43.6. The molecule has 5 unspecified atom stereocenters. The Labute approximate surface area is 215 Å². The molecule has 1 aliphatic rings. The molecule has 1 rings (SSSR count). The zero-order valence-electron chi connectivity index (χ0n) is 19.7. The van der Waals surface area contributed by atoms with Gasteiger partial charge in [0, 0.05) is 9.46 Å². The van der Waals surface area contributed by atoms with Gasteiger partial charge in [0.15, 0.2) is 6.29 Å². The summed E-state index contributed by atoms with van der Waals surface area (Å²) < 4.78 is 4.58. The summed E-state index contributed by atoms with van der Waals surface area (Å²) >= 11 is 0. The van der Waals surface area contributed by atoms with Crippen LogP contribution in [0, 0.1) is 0 Å². The summed E-state index contributed by atoms with van der Waals surface area (Å²) in [6, 6.07) is 0. The number of carbonyl (C=O) groups is 9. The van der Waals surface area contributed by atoms with Gasteiger partial charge in [-0.2, -0.15) is 0 Å². The van der Waals surface area contributed by atoms with Gasteiger partial charge in [0.2, 0.25) is 25.1 Å². The molecule has 1 fully saturated rings. The van der Waals surface area contributed by atoms with Gasteiger partial charge in [0.1, 0.15) is 30.7 Å². The van der Waals surface area contributed by atoms with Crippen molar-refractivity contribution < 1.29 is 102 Å². The Hall–Kier alpha value is -4.05. The van der Waals surface area contributed by atoms with Gasteiger partial charge in [0.05, 0.1) is 6.61 Å². The first-order valence-corrected chi connectivity index (χ1v) is 9.21. The first-order valence-electron chi connectivity index (χ1n) is 9.21. The van der Waals surface area contributed by atoms with E-state index in [2.05, 4.69) is 4.74 Å². The molecule has 20 nitrogen and oxygen atoms in total. The Morgan fingerprint density at radius 1 is 0.658 bits per heavy atom. The highest BCUT2D eigenvalue weighted by Gasteiger charge is 2.42. The number of aliphatic carboxylic acids is 4. The van der Waals surface area contributed by atoms with Crippen LogP contribution in [-0.4, -0.2) is 150 Å². The van der Waals surface area contributed by atoms with E-state index in [1.54, 1.807) is 6.92 Å². The number of aliphatic hydroxyl groups is 6. The summed E-state index contributed by atoms with van der Waals surface area (Å²) in [4.78, 5) is 80.4. The van der Waals surface area contributed by atoms with Crippen LogP contribution in [-0.2, 0) is 47.9 Å². The third-order valence-electron chi connectivity index (χ3n) is 2.27. The van der Waals surface area contributed by atoms with Crippen molar-refractivity contribution in [2.45, 2.75) is 44.6 Å². The minimum absolute atomic E-state index is 0. The zero-order valence-corrected chi connectivity index (χ0v) is 19.7. The molecule has 0 aromatic rings. The van der Waals surface area contributed by atoms with Crippen molar-refractivity contribution >= 4 is 55.3 Å². The Balaban J connectivity index is -0.0000000530.